The zero-order chi connectivity index (χ0) is 19.4. The van der Waals surface area contributed by atoms with Gasteiger partial charge in [-0.3, -0.25) is 16.7 Å². The van der Waals surface area contributed by atoms with E-state index in [9.17, 15) is 33.7 Å². The van der Waals surface area contributed by atoms with Crippen molar-refractivity contribution in [2.75, 3.05) is 38.2 Å². The molecule has 2 atom stereocenters. The molecule has 0 spiro atoms. The van der Waals surface area contributed by atoms with Crippen LogP contribution in [0.4, 0.5) is 0 Å². The fourth-order valence-corrected chi connectivity index (χ4v) is 3.24. The molecule has 0 amide bonds. The highest BCUT2D eigenvalue weighted by atomic mass is 32.2. The van der Waals surface area contributed by atoms with Crippen LogP contribution in [-0.2, 0) is 57.2 Å². The summed E-state index contributed by atoms with van der Waals surface area (Å²) in [5.41, 5.74) is 0. The number of rotatable bonds is 11. The fraction of sp³-hybridized carbons (Fsp3) is 1.00. The summed E-state index contributed by atoms with van der Waals surface area (Å²) in [6, 6.07) is 0. The highest BCUT2D eigenvalue weighted by Gasteiger charge is 2.32. The average molecular weight is 434 g/mol. The minimum atomic E-state index is -4.20. The van der Waals surface area contributed by atoms with Crippen molar-refractivity contribution in [2.24, 2.45) is 0 Å². The first-order chi connectivity index (χ1) is 10.4. The Kier molecular flexibility index (Phi) is 8.22. The Balaban J connectivity index is 5.57. The average Bonchev–Trinajstić information content (AvgIpc) is 2.25. The molecule has 0 bridgehead atoms. The van der Waals surface area contributed by atoms with Crippen LogP contribution in [0.2, 0.25) is 0 Å². The molecule has 0 heterocycles. The Morgan fingerprint density at radius 1 is 0.542 bits per heavy atom. The van der Waals surface area contributed by atoms with E-state index in [0.29, 0.717) is 25.0 Å². The third-order valence-electron chi connectivity index (χ3n) is 1.90. The zero-order valence-electron chi connectivity index (χ0n) is 13.1. The van der Waals surface area contributed by atoms with Gasteiger partial charge in [-0.1, -0.05) is 0 Å². The van der Waals surface area contributed by atoms with Crippen molar-refractivity contribution in [1.29, 1.82) is 0 Å². The van der Waals surface area contributed by atoms with Gasteiger partial charge in [0.25, 0.3) is 40.5 Å². The van der Waals surface area contributed by atoms with Gasteiger partial charge in [0.2, 0.25) is 0 Å². The summed E-state index contributed by atoms with van der Waals surface area (Å²) >= 11 is 0. The molecule has 0 saturated carbocycles. The van der Waals surface area contributed by atoms with Gasteiger partial charge < -0.3 is 0 Å². The molecule has 0 aromatic heterocycles. The summed E-state index contributed by atoms with van der Waals surface area (Å²) in [6.07, 6.45) is -1.10. The van der Waals surface area contributed by atoms with Crippen molar-refractivity contribution in [3.05, 3.63) is 0 Å². The second kappa shape index (κ2) is 8.35. The molecule has 0 aromatic rings. The first-order valence-corrected chi connectivity index (χ1v) is 13.1. The summed E-state index contributed by atoms with van der Waals surface area (Å²) in [4.78, 5) is 0. The second-order valence-electron chi connectivity index (χ2n) is 4.65. The lowest BCUT2D eigenvalue weighted by molar-refractivity contribution is 0.00956. The van der Waals surface area contributed by atoms with Crippen molar-refractivity contribution in [1.82, 2.24) is 0 Å². The first kappa shape index (κ1) is 23.6. The molecule has 146 valence electrons. The van der Waals surface area contributed by atoms with E-state index in [-0.39, 0.29) is 0 Å². The zero-order valence-corrected chi connectivity index (χ0v) is 16.4. The van der Waals surface area contributed by atoms with Gasteiger partial charge in [-0.25, -0.2) is 0 Å². The van der Waals surface area contributed by atoms with Gasteiger partial charge in [0, 0.05) is 0 Å². The molecule has 24 heavy (non-hydrogen) atoms. The van der Waals surface area contributed by atoms with E-state index in [1.807, 2.05) is 0 Å². The molecule has 0 radical (unpaired) electrons. The van der Waals surface area contributed by atoms with Crippen LogP contribution in [0.5, 0.6) is 0 Å². The molecule has 0 N–H and O–H groups in total. The van der Waals surface area contributed by atoms with E-state index in [1.165, 1.54) is 0 Å². The van der Waals surface area contributed by atoms with E-state index in [0.717, 1.165) is 0 Å². The Bertz CT molecular complexity index is 747. The summed E-state index contributed by atoms with van der Waals surface area (Å²) in [5.74, 6) is 0. The van der Waals surface area contributed by atoms with Crippen LogP contribution >= 0.6 is 0 Å². The predicted octanol–water partition coefficient (Wildman–Crippen LogP) is -2.37. The molecule has 0 aliphatic carbocycles. The van der Waals surface area contributed by atoms with Crippen LogP contribution in [0.3, 0.4) is 0 Å². The van der Waals surface area contributed by atoms with Crippen LogP contribution in [0.15, 0.2) is 0 Å². The highest BCUT2D eigenvalue weighted by molar-refractivity contribution is 7.86. The Hall–Kier alpha value is -0.360. The number of hydrogen-bond acceptors (Lipinski definition) is 12. The van der Waals surface area contributed by atoms with Crippen LogP contribution in [0.1, 0.15) is 0 Å². The van der Waals surface area contributed by atoms with Gasteiger partial charge in [-0.05, 0) is 0 Å². The monoisotopic (exact) mass is 434 g/mol. The number of hydrogen-bond donors (Lipinski definition) is 0. The smallest absolute Gasteiger partial charge is 0.264 e. The molecular formula is C8H18O12S4. The van der Waals surface area contributed by atoms with Crippen molar-refractivity contribution >= 4 is 40.5 Å². The van der Waals surface area contributed by atoms with Crippen LogP contribution in [0, 0.1) is 0 Å². The molecule has 0 aliphatic heterocycles. The maximum absolute atomic E-state index is 11.2. The fourth-order valence-electron chi connectivity index (χ4n) is 1.22. The summed E-state index contributed by atoms with van der Waals surface area (Å²) in [5, 5.41) is 0. The molecule has 16 heteroatoms. The normalized spacial score (nSPS) is 16.7. The standard InChI is InChI=1S/C8H18O12S4/c1-21(9,10)17-5-7(19-23(3,13)14)8(20-24(4,15)16)6-18-22(2,11)12/h7-8H,5-6H2,1-4H3/t7-,8-/m1/s1. The third kappa shape index (κ3) is 14.0. The van der Waals surface area contributed by atoms with Gasteiger partial charge >= 0.3 is 0 Å². The van der Waals surface area contributed by atoms with Gasteiger partial charge in [0.1, 0.15) is 12.2 Å². The maximum atomic E-state index is 11.2. The van der Waals surface area contributed by atoms with Crippen molar-refractivity contribution in [2.45, 2.75) is 12.2 Å². The quantitative estimate of drug-likeness (QED) is 0.317. The van der Waals surface area contributed by atoms with E-state index in [4.69, 9.17) is 0 Å². The lowest BCUT2D eigenvalue weighted by Gasteiger charge is -2.24. The van der Waals surface area contributed by atoms with Gasteiger partial charge in [-0.2, -0.15) is 33.7 Å². The lowest BCUT2D eigenvalue weighted by atomic mass is 10.2. The Labute approximate surface area is 141 Å². The summed E-state index contributed by atoms with van der Waals surface area (Å²) < 4.78 is 107. The SMILES string of the molecule is CS(=O)(=O)OC[C@@H](OS(C)(=O)=O)[C@@H](COS(C)(=O)=O)OS(C)(=O)=O. The van der Waals surface area contributed by atoms with E-state index < -0.39 is 65.9 Å². The maximum Gasteiger partial charge on any atom is 0.264 e. The molecule has 0 saturated heterocycles. The van der Waals surface area contributed by atoms with Crippen molar-refractivity contribution < 1.29 is 50.4 Å². The summed E-state index contributed by atoms with van der Waals surface area (Å²) in [7, 11) is -16.5. The van der Waals surface area contributed by atoms with Gasteiger partial charge in [-0.15, -0.1) is 0 Å². The first-order valence-electron chi connectivity index (χ1n) is 5.83. The molecular weight excluding hydrogens is 416 g/mol. The van der Waals surface area contributed by atoms with Crippen LogP contribution in [-0.4, -0.2) is 84.1 Å². The highest BCUT2D eigenvalue weighted by Crippen LogP contribution is 2.13. The minimum absolute atomic E-state index is 0.607. The second-order valence-corrected chi connectivity index (χ2v) is 11.1. The Morgan fingerprint density at radius 2 is 0.792 bits per heavy atom. The van der Waals surface area contributed by atoms with Gasteiger partial charge in [0.05, 0.1) is 38.2 Å². The lowest BCUT2D eigenvalue weighted by Crippen LogP contribution is -2.42. The Morgan fingerprint density at radius 3 is 0.958 bits per heavy atom. The van der Waals surface area contributed by atoms with Crippen molar-refractivity contribution in [3.8, 4) is 0 Å². The topological polar surface area (TPSA) is 173 Å². The van der Waals surface area contributed by atoms with Crippen LogP contribution < -0.4 is 0 Å². The predicted molar refractivity (Wildman–Crippen MR) is 81.0 cm³/mol. The minimum Gasteiger partial charge on any atom is -0.267 e. The van der Waals surface area contributed by atoms with Gasteiger partial charge in [0.15, 0.2) is 0 Å². The molecule has 12 nitrogen and oxygen atoms in total. The van der Waals surface area contributed by atoms with E-state index in [2.05, 4.69) is 16.7 Å². The largest absolute Gasteiger partial charge is 0.267 e. The van der Waals surface area contributed by atoms with Crippen LogP contribution in [0.25, 0.3) is 0 Å². The van der Waals surface area contributed by atoms with Crippen molar-refractivity contribution in [3.63, 3.8) is 0 Å². The third-order valence-corrected chi connectivity index (χ3v) is 4.23. The van der Waals surface area contributed by atoms with E-state index in [1.54, 1.807) is 0 Å². The molecule has 0 unspecified atom stereocenters. The molecule has 0 aromatic carbocycles. The van der Waals surface area contributed by atoms with E-state index >= 15 is 0 Å². The molecule has 0 fully saturated rings. The summed E-state index contributed by atoms with van der Waals surface area (Å²) in [6.45, 7) is -1.92. The molecule has 0 aliphatic rings. The molecule has 0 rings (SSSR count).